The van der Waals surface area contributed by atoms with Gasteiger partial charge in [-0.25, -0.2) is 0 Å². The predicted molar refractivity (Wildman–Crippen MR) is 62.6 cm³/mol. The molecule has 0 amide bonds. The zero-order valence-corrected chi connectivity index (χ0v) is 9.88. The van der Waals surface area contributed by atoms with Crippen LogP contribution in [0, 0.1) is 17.3 Å². The third-order valence-corrected chi connectivity index (χ3v) is 4.49. The van der Waals surface area contributed by atoms with Crippen LogP contribution in [0.15, 0.2) is 12.1 Å². The molecule has 15 heavy (non-hydrogen) atoms. The monoisotopic (exact) mass is 207 g/mol. The second kappa shape index (κ2) is 3.77. The number of hydrogen-bond donors (Lipinski definition) is 0. The molecule has 0 N–H and O–H groups in total. The zero-order chi connectivity index (χ0) is 11.8. The minimum Gasteiger partial charge on any atom is -0.299 e. The van der Waals surface area contributed by atoms with Gasteiger partial charge in [0.15, 0.2) is 0 Å². The lowest BCUT2D eigenvalue weighted by Crippen LogP contribution is -2.37. The van der Waals surface area contributed by atoms with Crippen molar-refractivity contribution in [3.05, 3.63) is 12.1 Å². The second-order valence-corrected chi connectivity index (χ2v) is 5.63. The predicted octanol–water partition coefficient (Wildman–Crippen LogP) is 3.74. The molecule has 2 aliphatic carbocycles. The number of allylic oxidation sites excluding steroid dienone is 1. The summed E-state index contributed by atoms with van der Waals surface area (Å²) in [5.41, 5.74) is 0.900. The van der Waals surface area contributed by atoms with Crippen LogP contribution in [0.2, 0.25) is 0 Å². The summed E-state index contributed by atoms with van der Waals surface area (Å²) in [6, 6.07) is 0. The Kier molecular flexibility index (Phi) is 2.42. The fourth-order valence-corrected chi connectivity index (χ4v) is 3.32. The maximum Gasteiger partial charge on any atom is 0.143 e. The molecule has 84 valence electrons. The second-order valence-electron chi connectivity index (χ2n) is 5.63. The highest BCUT2D eigenvalue weighted by Crippen LogP contribution is 2.52. The lowest BCUT2D eigenvalue weighted by molar-refractivity contribution is -0.130. The van der Waals surface area contributed by atoms with E-state index in [-0.39, 0.29) is 5.41 Å². The standard InChI is InChI=1S/C14H22O/c1-10(2)12-6-7-13(15)14(9-12)8-4-5-11(14)3/h10,12H,3-9H2,1-2H3/t12-,14+/m0/s1/i3D. The van der Waals surface area contributed by atoms with Crippen molar-refractivity contribution in [1.82, 2.24) is 0 Å². The van der Waals surface area contributed by atoms with Gasteiger partial charge in [-0.1, -0.05) is 26.0 Å². The molecule has 0 saturated heterocycles. The fraction of sp³-hybridized carbons (Fsp3) is 0.786. The van der Waals surface area contributed by atoms with Crippen LogP contribution in [0.1, 0.15) is 53.7 Å². The van der Waals surface area contributed by atoms with Crippen LogP contribution >= 0.6 is 0 Å². The SMILES string of the molecule is [2H]C=C1CCC[C@@]12C[C@@H](C(C)C)CCC2=O. The van der Waals surface area contributed by atoms with E-state index in [0.29, 0.717) is 17.6 Å². The van der Waals surface area contributed by atoms with Crippen molar-refractivity contribution in [3.63, 3.8) is 0 Å². The van der Waals surface area contributed by atoms with E-state index in [1.165, 1.54) is 6.55 Å². The van der Waals surface area contributed by atoms with E-state index < -0.39 is 0 Å². The van der Waals surface area contributed by atoms with Crippen LogP contribution < -0.4 is 0 Å². The Balaban J connectivity index is 2.26. The minimum atomic E-state index is -0.213. The molecule has 0 aromatic heterocycles. The summed E-state index contributed by atoms with van der Waals surface area (Å²) in [5.74, 6) is 1.75. The summed E-state index contributed by atoms with van der Waals surface area (Å²) >= 11 is 0. The number of ketones is 1. The Hall–Kier alpha value is -0.590. The van der Waals surface area contributed by atoms with Gasteiger partial charge in [-0.15, -0.1) is 0 Å². The zero-order valence-electron chi connectivity index (χ0n) is 10.9. The van der Waals surface area contributed by atoms with Crippen molar-refractivity contribution in [2.45, 2.75) is 52.4 Å². The van der Waals surface area contributed by atoms with E-state index in [1.807, 2.05) is 0 Å². The molecule has 2 atom stereocenters. The summed E-state index contributed by atoms with van der Waals surface area (Å²) < 4.78 is 7.51. The molecule has 0 aromatic carbocycles. The maximum absolute atomic E-state index is 12.2. The number of rotatable bonds is 1. The molecule has 0 radical (unpaired) electrons. The smallest absolute Gasteiger partial charge is 0.143 e. The highest BCUT2D eigenvalue weighted by Gasteiger charge is 2.47. The first-order valence-corrected chi connectivity index (χ1v) is 6.21. The van der Waals surface area contributed by atoms with Crippen molar-refractivity contribution in [2.24, 2.45) is 17.3 Å². The minimum absolute atomic E-state index is 0.213. The van der Waals surface area contributed by atoms with Crippen LogP contribution in [0.5, 0.6) is 0 Å². The number of carbonyl (C=O) groups is 1. The molecular weight excluding hydrogens is 184 g/mol. The molecule has 1 heteroatoms. The van der Waals surface area contributed by atoms with Crippen LogP contribution in [0.4, 0.5) is 0 Å². The quantitative estimate of drug-likeness (QED) is 0.599. The first-order chi connectivity index (χ1) is 7.60. The average molecular weight is 207 g/mol. The van der Waals surface area contributed by atoms with Gasteiger partial charge in [0.1, 0.15) is 5.78 Å². The third-order valence-electron chi connectivity index (χ3n) is 4.49. The normalized spacial score (nSPS) is 40.5. The summed E-state index contributed by atoms with van der Waals surface area (Å²) in [4.78, 5) is 12.2. The van der Waals surface area contributed by atoms with Crippen LogP contribution in [-0.2, 0) is 4.79 Å². The molecule has 1 nitrogen and oxygen atoms in total. The van der Waals surface area contributed by atoms with Gasteiger partial charge in [0, 0.05) is 11.8 Å². The lowest BCUT2D eigenvalue weighted by atomic mass is 9.64. The Labute approximate surface area is 94.3 Å². The van der Waals surface area contributed by atoms with Gasteiger partial charge in [-0.2, -0.15) is 0 Å². The van der Waals surface area contributed by atoms with E-state index in [9.17, 15) is 4.79 Å². The van der Waals surface area contributed by atoms with E-state index in [4.69, 9.17) is 1.37 Å². The molecule has 0 unspecified atom stereocenters. The van der Waals surface area contributed by atoms with E-state index in [2.05, 4.69) is 13.8 Å². The van der Waals surface area contributed by atoms with Gasteiger partial charge >= 0.3 is 0 Å². The van der Waals surface area contributed by atoms with Gasteiger partial charge < -0.3 is 0 Å². The summed E-state index contributed by atoms with van der Waals surface area (Å²) in [7, 11) is 0. The van der Waals surface area contributed by atoms with Gasteiger partial charge in [0.2, 0.25) is 0 Å². The number of hydrogen-bond acceptors (Lipinski definition) is 1. The molecule has 2 fully saturated rings. The highest BCUT2D eigenvalue weighted by atomic mass is 16.1. The molecule has 0 aromatic rings. The number of Topliss-reactive ketones (excluding diaryl/α,β-unsaturated/α-hetero) is 1. The average Bonchev–Trinajstić information content (AvgIpc) is 2.66. The van der Waals surface area contributed by atoms with Gasteiger partial charge in [0.05, 0.1) is 1.37 Å². The fourth-order valence-electron chi connectivity index (χ4n) is 3.32. The van der Waals surface area contributed by atoms with E-state index in [0.717, 1.165) is 44.1 Å². The largest absolute Gasteiger partial charge is 0.299 e. The van der Waals surface area contributed by atoms with E-state index >= 15 is 0 Å². The molecule has 0 aliphatic heterocycles. The Bertz CT molecular complexity index is 319. The van der Waals surface area contributed by atoms with Crippen molar-refractivity contribution in [1.29, 1.82) is 0 Å². The number of carbonyl (C=O) groups excluding carboxylic acids is 1. The molecule has 0 bridgehead atoms. The Morgan fingerprint density at radius 1 is 1.53 bits per heavy atom. The molecular formula is C14H22O. The topological polar surface area (TPSA) is 17.1 Å². The van der Waals surface area contributed by atoms with Gasteiger partial charge in [0.25, 0.3) is 0 Å². The Morgan fingerprint density at radius 3 is 3.00 bits per heavy atom. The highest BCUT2D eigenvalue weighted by molar-refractivity contribution is 5.89. The maximum atomic E-state index is 12.2. The van der Waals surface area contributed by atoms with Crippen LogP contribution in [-0.4, -0.2) is 5.78 Å². The molecule has 1 spiro atoms. The first-order valence-electron chi connectivity index (χ1n) is 6.79. The van der Waals surface area contributed by atoms with Crippen molar-refractivity contribution >= 4 is 5.78 Å². The summed E-state index contributed by atoms with van der Waals surface area (Å²) in [6.07, 6.45) is 5.87. The molecule has 0 heterocycles. The van der Waals surface area contributed by atoms with E-state index in [1.54, 1.807) is 0 Å². The van der Waals surface area contributed by atoms with Crippen molar-refractivity contribution in [2.75, 3.05) is 0 Å². The Morgan fingerprint density at radius 2 is 2.33 bits per heavy atom. The first kappa shape index (κ1) is 9.62. The van der Waals surface area contributed by atoms with Crippen LogP contribution in [0.3, 0.4) is 0 Å². The summed E-state index contributed by atoms with van der Waals surface area (Å²) in [6.45, 7) is 5.98. The van der Waals surface area contributed by atoms with Gasteiger partial charge in [-0.3, -0.25) is 4.79 Å². The van der Waals surface area contributed by atoms with Crippen LogP contribution in [0.25, 0.3) is 0 Å². The molecule has 2 saturated carbocycles. The molecule has 2 rings (SSSR count). The summed E-state index contributed by atoms with van der Waals surface area (Å²) in [5, 5.41) is 0. The lowest BCUT2D eigenvalue weighted by Gasteiger charge is -2.39. The molecule has 2 aliphatic rings. The van der Waals surface area contributed by atoms with Crippen molar-refractivity contribution in [3.8, 4) is 0 Å². The van der Waals surface area contributed by atoms with Crippen molar-refractivity contribution < 1.29 is 6.17 Å². The van der Waals surface area contributed by atoms with Gasteiger partial charge in [-0.05, 0) is 43.9 Å². The third kappa shape index (κ3) is 1.66.